The van der Waals surface area contributed by atoms with Crippen LogP contribution in [0.5, 0.6) is 0 Å². The van der Waals surface area contributed by atoms with E-state index in [9.17, 15) is 35.5 Å². The Balaban J connectivity index is 1.47. The van der Waals surface area contributed by atoms with Crippen LogP contribution < -0.4 is 0 Å². The standard InChI is InChI=1S/C30H34F7N3O2/c1-18-12-23(31)4-5-25(18)26-16-28(7-6-24-17-42-11-10-40(24)28)8-9-39(26)27(41)38(3)19(2)20-13-21(29(32,33)34)15-22(14-20)30(35,36)37/h4-5,12-15,19,24,26H,6-11,16-17H2,1-3H3/t19?,24-,26-,28+/m1/s1. The molecule has 1 unspecified atom stereocenters. The SMILES string of the molecule is Cc1cc(F)ccc1[C@H]1C[C@]2(CC[C@@H]3COCCN32)CCN1C(=O)N(C)C(C)c1cc(C(F)(F)F)cc(C(F)(F)F)c1. The van der Waals surface area contributed by atoms with E-state index in [1.165, 1.54) is 31.0 Å². The van der Waals surface area contributed by atoms with Crippen LogP contribution in [0.1, 0.15) is 72.5 Å². The molecule has 0 saturated carbocycles. The molecule has 0 bridgehead atoms. The number of aryl methyl sites for hydroxylation is 1. The highest BCUT2D eigenvalue weighted by Crippen LogP contribution is 2.49. The van der Waals surface area contributed by atoms with E-state index in [0.29, 0.717) is 50.3 Å². The van der Waals surface area contributed by atoms with Crippen molar-refractivity contribution in [3.63, 3.8) is 0 Å². The number of piperidine rings is 1. The number of nitrogens with zero attached hydrogens (tertiary/aromatic N) is 3. The number of halogens is 7. The van der Waals surface area contributed by atoms with Crippen molar-refractivity contribution in [1.82, 2.24) is 14.7 Å². The van der Waals surface area contributed by atoms with Gasteiger partial charge in [-0.15, -0.1) is 0 Å². The van der Waals surface area contributed by atoms with Crippen LogP contribution in [0.25, 0.3) is 0 Å². The summed E-state index contributed by atoms with van der Waals surface area (Å²) in [7, 11) is 1.38. The summed E-state index contributed by atoms with van der Waals surface area (Å²) in [5, 5.41) is 0. The Morgan fingerprint density at radius 3 is 2.31 bits per heavy atom. The second kappa shape index (κ2) is 11.0. The Kier molecular flexibility index (Phi) is 8.02. The van der Waals surface area contributed by atoms with Crippen molar-refractivity contribution in [3.8, 4) is 0 Å². The molecular formula is C30H34F7N3O2. The molecule has 0 aromatic heterocycles. The lowest BCUT2D eigenvalue weighted by Gasteiger charge is -2.52. The van der Waals surface area contributed by atoms with Crippen LogP contribution >= 0.6 is 0 Å². The van der Waals surface area contributed by atoms with Gasteiger partial charge in [0.05, 0.1) is 36.4 Å². The first kappa shape index (κ1) is 30.6. The zero-order chi connectivity index (χ0) is 30.6. The minimum atomic E-state index is -5.00. The Morgan fingerprint density at radius 1 is 1.02 bits per heavy atom. The third-order valence-electron chi connectivity index (χ3n) is 9.36. The third kappa shape index (κ3) is 5.71. The van der Waals surface area contributed by atoms with Gasteiger partial charge >= 0.3 is 18.4 Å². The molecule has 0 aliphatic carbocycles. The van der Waals surface area contributed by atoms with Crippen molar-refractivity contribution in [1.29, 1.82) is 0 Å². The van der Waals surface area contributed by atoms with Gasteiger partial charge in [0.2, 0.25) is 0 Å². The topological polar surface area (TPSA) is 36.0 Å². The molecule has 42 heavy (non-hydrogen) atoms. The van der Waals surface area contributed by atoms with Gasteiger partial charge in [0.15, 0.2) is 0 Å². The van der Waals surface area contributed by atoms with Gasteiger partial charge in [-0.05, 0) is 86.6 Å². The maximum atomic E-state index is 14.1. The summed E-state index contributed by atoms with van der Waals surface area (Å²) in [6.45, 7) is 5.52. The number of ether oxygens (including phenoxy) is 1. The number of morpholine rings is 1. The molecule has 0 radical (unpaired) electrons. The number of carbonyl (C=O) groups is 1. The summed E-state index contributed by atoms with van der Waals surface area (Å²) in [4.78, 5) is 19.3. The van der Waals surface area contributed by atoms with Gasteiger partial charge < -0.3 is 14.5 Å². The molecule has 12 heteroatoms. The fourth-order valence-electron chi connectivity index (χ4n) is 6.97. The zero-order valence-corrected chi connectivity index (χ0v) is 23.7. The van der Waals surface area contributed by atoms with E-state index in [-0.39, 0.29) is 23.2 Å². The molecule has 3 aliphatic heterocycles. The fraction of sp³-hybridized carbons (Fsp3) is 0.567. The van der Waals surface area contributed by atoms with E-state index >= 15 is 0 Å². The summed E-state index contributed by atoms with van der Waals surface area (Å²) in [5.41, 5.74) is -1.90. The lowest BCUT2D eigenvalue weighted by Crippen LogP contribution is -2.59. The molecule has 5 nitrogen and oxygen atoms in total. The highest BCUT2D eigenvalue weighted by Gasteiger charge is 2.52. The van der Waals surface area contributed by atoms with Gasteiger partial charge in [0, 0.05) is 31.7 Å². The third-order valence-corrected chi connectivity index (χ3v) is 9.36. The van der Waals surface area contributed by atoms with Gasteiger partial charge in [0.25, 0.3) is 0 Å². The quantitative estimate of drug-likeness (QED) is 0.345. The van der Waals surface area contributed by atoms with E-state index in [1.54, 1.807) is 17.9 Å². The van der Waals surface area contributed by atoms with Crippen molar-refractivity contribution >= 4 is 6.03 Å². The highest BCUT2D eigenvalue weighted by atomic mass is 19.4. The van der Waals surface area contributed by atoms with Crippen molar-refractivity contribution < 1.29 is 40.3 Å². The van der Waals surface area contributed by atoms with Gasteiger partial charge in [0.1, 0.15) is 5.82 Å². The molecular weight excluding hydrogens is 567 g/mol. The minimum Gasteiger partial charge on any atom is -0.378 e. The fourth-order valence-corrected chi connectivity index (χ4v) is 6.97. The number of hydrogen-bond acceptors (Lipinski definition) is 3. The van der Waals surface area contributed by atoms with E-state index in [2.05, 4.69) is 4.90 Å². The smallest absolute Gasteiger partial charge is 0.378 e. The van der Waals surface area contributed by atoms with Gasteiger partial charge in [-0.25, -0.2) is 9.18 Å². The average molecular weight is 602 g/mol. The second-order valence-electron chi connectivity index (χ2n) is 11.8. The van der Waals surface area contributed by atoms with Crippen LogP contribution in [0.15, 0.2) is 36.4 Å². The molecule has 0 N–H and O–H groups in total. The van der Waals surface area contributed by atoms with E-state index in [0.717, 1.165) is 24.9 Å². The minimum absolute atomic E-state index is 0.0793. The number of carbonyl (C=O) groups excluding carboxylic acids is 1. The Labute approximate surface area is 240 Å². The first-order valence-electron chi connectivity index (χ1n) is 14.0. The van der Waals surface area contributed by atoms with E-state index in [1.807, 2.05) is 0 Å². The predicted octanol–water partition coefficient (Wildman–Crippen LogP) is 7.36. The molecule has 4 atom stereocenters. The predicted molar refractivity (Wildman–Crippen MR) is 141 cm³/mol. The van der Waals surface area contributed by atoms with Crippen LogP contribution in [0.2, 0.25) is 0 Å². The van der Waals surface area contributed by atoms with Crippen molar-refractivity contribution in [2.45, 2.75) is 75.5 Å². The molecule has 2 amide bonds. The van der Waals surface area contributed by atoms with Crippen molar-refractivity contribution in [2.75, 3.05) is 33.4 Å². The lowest BCUT2D eigenvalue weighted by molar-refractivity contribution is -0.143. The first-order valence-corrected chi connectivity index (χ1v) is 14.0. The number of likely N-dealkylation sites (tertiary alicyclic amines) is 1. The van der Waals surface area contributed by atoms with Crippen molar-refractivity contribution in [2.24, 2.45) is 0 Å². The number of rotatable bonds is 3. The number of alkyl halides is 6. The average Bonchev–Trinajstić information content (AvgIpc) is 3.28. The number of amides is 2. The second-order valence-corrected chi connectivity index (χ2v) is 11.8. The molecule has 3 fully saturated rings. The number of hydrogen-bond donors (Lipinski definition) is 0. The molecule has 3 aliphatic rings. The first-order chi connectivity index (χ1) is 19.6. The Morgan fingerprint density at radius 2 is 1.69 bits per heavy atom. The van der Waals surface area contributed by atoms with Crippen LogP contribution in [0.3, 0.4) is 0 Å². The molecule has 1 spiro atoms. The molecule has 5 rings (SSSR count). The molecule has 2 aromatic rings. The summed E-state index contributed by atoms with van der Waals surface area (Å²) in [6, 6.07) is 4.00. The summed E-state index contributed by atoms with van der Waals surface area (Å²) < 4.78 is 101. The molecule has 3 heterocycles. The molecule has 3 saturated heterocycles. The van der Waals surface area contributed by atoms with Crippen LogP contribution in [-0.2, 0) is 17.1 Å². The summed E-state index contributed by atoms with van der Waals surface area (Å²) in [5.74, 6) is -0.412. The summed E-state index contributed by atoms with van der Waals surface area (Å²) >= 11 is 0. The maximum Gasteiger partial charge on any atom is 0.416 e. The molecule has 2 aromatic carbocycles. The van der Waals surface area contributed by atoms with Crippen LogP contribution in [-0.4, -0.2) is 65.7 Å². The Hall–Kier alpha value is -2.86. The van der Waals surface area contributed by atoms with Crippen LogP contribution in [0, 0.1) is 12.7 Å². The lowest BCUT2D eigenvalue weighted by atomic mass is 9.78. The zero-order valence-electron chi connectivity index (χ0n) is 23.7. The number of urea groups is 1. The maximum absolute atomic E-state index is 14.1. The van der Waals surface area contributed by atoms with Crippen LogP contribution in [0.4, 0.5) is 35.5 Å². The van der Waals surface area contributed by atoms with Gasteiger partial charge in [-0.1, -0.05) is 6.07 Å². The van der Waals surface area contributed by atoms with Gasteiger partial charge in [-0.3, -0.25) is 4.90 Å². The van der Waals surface area contributed by atoms with Gasteiger partial charge in [-0.2, -0.15) is 26.3 Å². The highest BCUT2D eigenvalue weighted by molar-refractivity contribution is 5.75. The Bertz CT molecular complexity index is 1300. The number of fused-ring (bicyclic) bond motifs is 2. The van der Waals surface area contributed by atoms with E-state index in [4.69, 9.17) is 4.74 Å². The van der Waals surface area contributed by atoms with E-state index < -0.39 is 47.4 Å². The monoisotopic (exact) mass is 601 g/mol. The van der Waals surface area contributed by atoms with Crippen molar-refractivity contribution in [3.05, 3.63) is 70.0 Å². The summed E-state index contributed by atoms with van der Waals surface area (Å²) in [6.07, 6.45) is -6.89. The molecule has 230 valence electrons. The number of benzene rings is 2. The normalized spacial score (nSPS) is 25.9. The largest absolute Gasteiger partial charge is 0.416 e.